The Morgan fingerprint density at radius 3 is 0.833 bits per heavy atom. The van der Waals surface area contributed by atoms with Gasteiger partial charge in [-0.15, -0.1) is 0 Å². The van der Waals surface area contributed by atoms with Gasteiger partial charge in [0.05, 0.1) is 0 Å². The van der Waals surface area contributed by atoms with Gasteiger partial charge >= 0.3 is 25.6 Å². The van der Waals surface area contributed by atoms with Gasteiger partial charge in [-0.05, 0) is 0 Å². The molecule has 0 aromatic carbocycles. The van der Waals surface area contributed by atoms with Crippen molar-refractivity contribution in [2.24, 2.45) is 0 Å². The van der Waals surface area contributed by atoms with Gasteiger partial charge in [0.1, 0.15) is 0 Å². The fraction of sp³-hybridized carbons (Fsp3) is 0. The second-order valence-corrected chi connectivity index (χ2v) is 0.559. The van der Waals surface area contributed by atoms with Crippen molar-refractivity contribution >= 4 is 0 Å². The Hall–Kier alpha value is 0.204. The summed E-state index contributed by atoms with van der Waals surface area (Å²) in [5.41, 5.74) is 0. The van der Waals surface area contributed by atoms with Gasteiger partial charge in [-0.2, -0.15) is 0 Å². The van der Waals surface area contributed by atoms with Gasteiger partial charge in [0.15, 0.2) is 0 Å². The number of hydrogen-bond donors (Lipinski definition) is 0. The maximum absolute atomic E-state index is 9.71. The average Bonchev–Trinajstić information content (AvgIpc) is 0.811. The van der Waals surface area contributed by atoms with Crippen LogP contribution in [0.1, 0.15) is 0 Å². The minimum absolute atomic E-state index is 0. The van der Waals surface area contributed by atoms with Gasteiger partial charge < -0.3 is 11.0 Å². The molecule has 0 aliphatic carbocycles. The Morgan fingerprint density at radius 1 is 0.833 bits per heavy atom. The molecule has 0 unspecified atom stereocenters. The van der Waals surface area contributed by atoms with Crippen molar-refractivity contribution in [3.8, 4) is 0 Å². The zero-order valence-corrected chi connectivity index (χ0v) is 3.44. The summed E-state index contributed by atoms with van der Waals surface area (Å²) in [7, 11) is 0. The van der Waals surface area contributed by atoms with Crippen molar-refractivity contribution in [2.45, 2.75) is 0 Å². The Morgan fingerprint density at radius 2 is 0.833 bits per heavy atom. The van der Waals surface area contributed by atoms with E-state index in [2.05, 4.69) is 0 Å². The molecule has 4 N–H and O–H groups in total. The zero-order valence-electron chi connectivity index (χ0n) is 2.45. The third kappa shape index (κ3) is 1040. The van der Waals surface area contributed by atoms with Crippen LogP contribution in [0.2, 0.25) is 0 Å². The van der Waals surface area contributed by atoms with Crippen LogP contribution < -0.4 is 0 Å². The second-order valence-electron chi connectivity index (χ2n) is 0.136. The minimum atomic E-state index is -3.96. The monoisotopic (exact) mass is 151 g/mol. The molecule has 0 spiro atoms. The predicted molar refractivity (Wildman–Crippen MR) is 10.6 cm³/mol. The number of rotatable bonds is 0. The van der Waals surface area contributed by atoms with E-state index < -0.39 is 14.7 Å². The van der Waals surface area contributed by atoms with Crippen LogP contribution >= 0.6 is 0 Å². The summed E-state index contributed by atoms with van der Waals surface area (Å²) in [6.45, 7) is 0. The molecule has 0 radical (unpaired) electrons. The Balaban J connectivity index is -0.0000000450. The first-order chi connectivity index (χ1) is 1.73. The summed E-state index contributed by atoms with van der Waals surface area (Å²) >= 11 is -3.96. The quantitative estimate of drug-likeness (QED) is 0.424. The molecular weight excluding hydrogens is 148 g/mol. The molecule has 2 nitrogen and oxygen atoms in total. The summed E-state index contributed by atoms with van der Waals surface area (Å²) in [6.07, 6.45) is 0. The van der Waals surface area contributed by atoms with Crippen molar-refractivity contribution < 1.29 is 36.5 Å². The van der Waals surface area contributed by atoms with Crippen LogP contribution in [-0.4, -0.2) is 11.0 Å². The molecule has 0 fully saturated rings. The molecule has 47 valence electrons. The van der Waals surface area contributed by atoms with Gasteiger partial charge in [0.2, 0.25) is 0 Å². The van der Waals surface area contributed by atoms with E-state index in [-0.39, 0.29) is 11.0 Å². The van der Waals surface area contributed by atoms with Gasteiger partial charge in [0, 0.05) is 0 Å². The van der Waals surface area contributed by atoms with E-state index in [4.69, 9.17) is 0 Å². The molecule has 0 aliphatic heterocycles. The van der Waals surface area contributed by atoms with Crippen LogP contribution in [0.4, 0.5) is 10.8 Å². The topological polar surface area (TPSA) is 63.0 Å². The van der Waals surface area contributed by atoms with Crippen LogP contribution in [0.25, 0.3) is 0 Å². The zero-order chi connectivity index (χ0) is 3.58. The van der Waals surface area contributed by atoms with Gasteiger partial charge in [0.25, 0.3) is 0 Å². The van der Waals surface area contributed by atoms with Crippen LogP contribution in [0.5, 0.6) is 0 Å². The third-order valence-corrected chi connectivity index (χ3v) is 0. The Bertz CT molecular complexity index is 13.5. The van der Waals surface area contributed by atoms with Gasteiger partial charge in [-0.3, -0.25) is 0 Å². The molecule has 0 amide bonds. The first-order valence-electron chi connectivity index (χ1n) is 0.359. The van der Waals surface area contributed by atoms with Crippen LogP contribution in [0, 0.1) is 0 Å². The first kappa shape index (κ1) is 16.4. The predicted octanol–water partition coefficient (Wildman–Crippen LogP) is -0.391. The molecule has 0 saturated carbocycles. The maximum atomic E-state index is 9.71. The molecule has 0 aromatic rings. The van der Waals surface area contributed by atoms with E-state index in [1.165, 1.54) is 0 Å². The van der Waals surface area contributed by atoms with E-state index in [1.54, 1.807) is 0 Å². The molecule has 0 aliphatic rings. The van der Waals surface area contributed by atoms with Crippen LogP contribution in [0.15, 0.2) is 0 Å². The molecule has 6 heavy (non-hydrogen) atoms. The van der Waals surface area contributed by atoms with E-state index in [9.17, 15) is 10.8 Å². The molecule has 0 rings (SSSR count). The van der Waals surface area contributed by atoms with E-state index >= 15 is 0 Å². The third-order valence-electron chi connectivity index (χ3n) is 0. The summed E-state index contributed by atoms with van der Waals surface area (Å²) in [5, 5.41) is 0. The number of halogens is 3. The summed E-state index contributed by atoms with van der Waals surface area (Å²) in [5.74, 6) is 0. The molecule has 0 aromatic heterocycles. The van der Waals surface area contributed by atoms with Crippen LogP contribution in [-0.2, 0) is 14.7 Å². The summed E-state index contributed by atoms with van der Waals surface area (Å²) < 4.78 is 29.1. The molecule has 0 heterocycles. The standard InChI is InChI=1S/3FH.Ni.2H2O/h3*1H;;2*1H2/q;;;+3;;/p-3. The van der Waals surface area contributed by atoms with E-state index in [0.717, 1.165) is 0 Å². The summed E-state index contributed by atoms with van der Waals surface area (Å²) in [6, 6.07) is 0. The van der Waals surface area contributed by atoms with Crippen LogP contribution in [0.3, 0.4) is 0 Å². The fourth-order valence-corrected chi connectivity index (χ4v) is 0. The van der Waals surface area contributed by atoms with E-state index in [1.807, 2.05) is 0 Å². The average molecular weight is 152 g/mol. The van der Waals surface area contributed by atoms with Crippen molar-refractivity contribution in [3.05, 3.63) is 0 Å². The second kappa shape index (κ2) is 8.96. The normalized spacial score (nSPS) is 7.50. The molecule has 0 atom stereocenters. The Kier molecular flexibility index (Phi) is 24.4. The van der Waals surface area contributed by atoms with E-state index in [0.29, 0.717) is 0 Å². The fourth-order valence-electron chi connectivity index (χ4n) is 0. The summed E-state index contributed by atoms with van der Waals surface area (Å²) in [4.78, 5) is 0. The SMILES string of the molecule is O.O.[F][Ni]([F])[F]. The van der Waals surface area contributed by atoms with Gasteiger partial charge in [-0.25, -0.2) is 0 Å². The van der Waals surface area contributed by atoms with Crippen molar-refractivity contribution in [1.82, 2.24) is 0 Å². The van der Waals surface area contributed by atoms with Crippen molar-refractivity contribution in [1.29, 1.82) is 0 Å². The molecule has 6 heteroatoms. The molecule has 0 saturated heterocycles. The first-order valence-corrected chi connectivity index (χ1v) is 1.48. The van der Waals surface area contributed by atoms with Gasteiger partial charge in [-0.1, -0.05) is 0 Å². The van der Waals surface area contributed by atoms with Crippen molar-refractivity contribution in [3.63, 3.8) is 0 Å². The van der Waals surface area contributed by atoms with Crippen molar-refractivity contribution in [2.75, 3.05) is 0 Å². The number of hydrogen-bond acceptors (Lipinski definition) is 0. The Labute approximate surface area is 37.5 Å². The molecular formula is H4F3NiO2. The molecule has 0 bridgehead atoms.